The Bertz CT molecular complexity index is 1140. The van der Waals surface area contributed by atoms with Gasteiger partial charge in [-0.3, -0.25) is 4.57 Å². The van der Waals surface area contributed by atoms with Gasteiger partial charge in [-0.15, -0.1) is 0 Å². The molecule has 1 heterocycles. The van der Waals surface area contributed by atoms with Crippen molar-refractivity contribution in [2.45, 2.75) is 149 Å². The molecule has 0 spiro atoms. The summed E-state index contributed by atoms with van der Waals surface area (Å²) in [7, 11) is -3.62. The first-order valence-corrected chi connectivity index (χ1v) is 22.8. The van der Waals surface area contributed by atoms with Crippen LogP contribution in [-0.2, 0) is 28.0 Å². The van der Waals surface area contributed by atoms with E-state index in [2.05, 4.69) is 13.8 Å². The van der Waals surface area contributed by atoms with Crippen molar-refractivity contribution < 1.29 is 37.5 Å². The van der Waals surface area contributed by atoms with E-state index in [1.165, 1.54) is 89.9 Å². The maximum Gasteiger partial charge on any atom is 0.268 e. The van der Waals surface area contributed by atoms with E-state index < -0.39 is 7.37 Å². The quantitative estimate of drug-likeness (QED) is 0.0975. The Hall–Kier alpha value is -1.93. The highest BCUT2D eigenvalue weighted by atomic mass is 31.2. The Labute approximate surface area is 322 Å². The van der Waals surface area contributed by atoms with Crippen LogP contribution in [0.4, 0.5) is 0 Å². The number of para-hydroxylation sites is 2. The number of unbranched alkanes of at least 4 members (excludes halogenated alkanes) is 14. The lowest BCUT2D eigenvalue weighted by molar-refractivity contribution is -0.0422. The molecule has 302 valence electrons. The van der Waals surface area contributed by atoms with E-state index in [-0.39, 0.29) is 18.8 Å². The van der Waals surface area contributed by atoms with Crippen LogP contribution in [0.2, 0.25) is 0 Å². The zero-order valence-electron chi connectivity index (χ0n) is 33.6. The summed E-state index contributed by atoms with van der Waals surface area (Å²) < 4.78 is 58.7. The van der Waals surface area contributed by atoms with Gasteiger partial charge in [0.15, 0.2) is 0 Å². The van der Waals surface area contributed by atoms with E-state index in [9.17, 15) is 0 Å². The molecule has 9 heteroatoms. The standard InChI is InChI=1S/C44H73O8P/c1-4-7-9-11-13-15-17-19-25-39-37-50-41-27-21-23-29-43(41)53(45,52-6-3)44-30-24-22-28-42(44)51-38-40(26-20-18-16-14-12-10-8-5-2)49-36-34-47-32-31-46-33-35-48-39/h21-24,27-30,39-40H,4-20,25-26,31-38H2,1-3H3/t39-,40-/m0/s1. The van der Waals surface area contributed by atoms with E-state index in [0.29, 0.717) is 75.0 Å². The zero-order chi connectivity index (χ0) is 37.7. The summed E-state index contributed by atoms with van der Waals surface area (Å²) in [5.74, 6) is 1.08. The van der Waals surface area contributed by atoms with Crippen molar-refractivity contribution in [3.63, 3.8) is 0 Å². The molecule has 0 fully saturated rings. The van der Waals surface area contributed by atoms with Crippen LogP contribution in [0, 0.1) is 0 Å². The van der Waals surface area contributed by atoms with Gasteiger partial charge < -0.3 is 32.9 Å². The van der Waals surface area contributed by atoms with Gasteiger partial charge in [-0.05, 0) is 44.0 Å². The van der Waals surface area contributed by atoms with Crippen molar-refractivity contribution >= 4 is 18.0 Å². The summed E-state index contributed by atoms with van der Waals surface area (Å²) in [5, 5.41) is 1.06. The molecule has 0 unspecified atom stereocenters. The van der Waals surface area contributed by atoms with Gasteiger partial charge in [0.25, 0.3) is 7.37 Å². The minimum atomic E-state index is -3.62. The van der Waals surface area contributed by atoms with Crippen molar-refractivity contribution in [3.05, 3.63) is 48.5 Å². The third kappa shape index (κ3) is 18.5. The van der Waals surface area contributed by atoms with E-state index in [1.807, 2.05) is 55.5 Å². The molecule has 0 aliphatic carbocycles. The van der Waals surface area contributed by atoms with Gasteiger partial charge in [-0.2, -0.15) is 0 Å². The van der Waals surface area contributed by atoms with Crippen molar-refractivity contribution in [1.82, 2.24) is 0 Å². The first-order valence-electron chi connectivity index (χ1n) is 21.2. The minimum absolute atomic E-state index is 0.116. The van der Waals surface area contributed by atoms with Crippen LogP contribution in [-0.4, -0.2) is 71.7 Å². The fourth-order valence-corrected chi connectivity index (χ4v) is 9.10. The van der Waals surface area contributed by atoms with Crippen LogP contribution in [0.5, 0.6) is 11.5 Å². The molecule has 0 radical (unpaired) electrons. The van der Waals surface area contributed by atoms with E-state index in [4.69, 9.17) is 32.9 Å². The van der Waals surface area contributed by atoms with Gasteiger partial charge in [0, 0.05) is 0 Å². The van der Waals surface area contributed by atoms with E-state index >= 15 is 4.57 Å². The molecule has 0 N–H and O–H groups in total. The number of ether oxygens (including phenoxy) is 6. The van der Waals surface area contributed by atoms with Gasteiger partial charge in [-0.25, -0.2) is 0 Å². The third-order valence-electron chi connectivity index (χ3n) is 9.82. The van der Waals surface area contributed by atoms with E-state index in [0.717, 1.165) is 25.7 Å². The van der Waals surface area contributed by atoms with E-state index in [1.54, 1.807) is 0 Å². The van der Waals surface area contributed by atoms with Gasteiger partial charge in [0.05, 0.1) is 69.1 Å². The molecule has 8 nitrogen and oxygen atoms in total. The van der Waals surface area contributed by atoms with Gasteiger partial charge in [-0.1, -0.05) is 141 Å². The summed E-state index contributed by atoms with van der Waals surface area (Å²) in [6.07, 6.45) is 21.6. The molecule has 0 bridgehead atoms. The molecular weight excluding hydrogens is 687 g/mol. The fraction of sp³-hybridized carbons (Fsp3) is 0.727. The van der Waals surface area contributed by atoms with Crippen molar-refractivity contribution in [2.24, 2.45) is 0 Å². The smallest absolute Gasteiger partial charge is 0.268 e. The second-order valence-electron chi connectivity index (χ2n) is 14.3. The lowest BCUT2D eigenvalue weighted by atomic mass is 10.1. The molecule has 1 aliphatic heterocycles. The lowest BCUT2D eigenvalue weighted by Gasteiger charge is -2.25. The molecule has 0 aromatic heterocycles. The Morgan fingerprint density at radius 3 is 1.32 bits per heavy atom. The minimum Gasteiger partial charge on any atom is -0.490 e. The van der Waals surface area contributed by atoms with Gasteiger partial charge >= 0.3 is 0 Å². The Morgan fingerprint density at radius 1 is 0.528 bits per heavy atom. The molecule has 0 saturated heterocycles. The largest absolute Gasteiger partial charge is 0.490 e. The molecule has 0 amide bonds. The van der Waals surface area contributed by atoms with Crippen LogP contribution in [0.25, 0.3) is 0 Å². The highest BCUT2D eigenvalue weighted by molar-refractivity contribution is 7.74. The third-order valence-corrected chi connectivity index (χ3v) is 12.4. The number of hydrogen-bond acceptors (Lipinski definition) is 8. The molecule has 0 saturated carbocycles. The molecule has 3 rings (SSSR count). The first-order chi connectivity index (χ1) is 26.1. The summed E-state index contributed by atoms with van der Waals surface area (Å²) in [6, 6.07) is 15.1. The zero-order valence-corrected chi connectivity index (χ0v) is 34.5. The Kier molecular flexibility index (Phi) is 25.2. The fourth-order valence-electron chi connectivity index (χ4n) is 6.77. The summed E-state index contributed by atoms with van der Waals surface area (Å²) in [6.45, 7) is 10.3. The van der Waals surface area contributed by atoms with Crippen LogP contribution in [0.3, 0.4) is 0 Å². The average Bonchev–Trinajstić information content (AvgIpc) is 3.18. The summed E-state index contributed by atoms with van der Waals surface area (Å²) >= 11 is 0. The summed E-state index contributed by atoms with van der Waals surface area (Å²) in [4.78, 5) is 0. The number of fused-ring (bicyclic) bond motifs is 2. The van der Waals surface area contributed by atoms with Crippen LogP contribution < -0.4 is 20.1 Å². The van der Waals surface area contributed by atoms with Crippen LogP contribution in [0.15, 0.2) is 48.5 Å². The number of rotatable bonds is 20. The second-order valence-corrected chi connectivity index (χ2v) is 16.6. The number of hydrogen-bond donors (Lipinski definition) is 0. The van der Waals surface area contributed by atoms with Gasteiger partial charge in [0.1, 0.15) is 24.7 Å². The highest BCUT2D eigenvalue weighted by Crippen LogP contribution is 2.49. The highest BCUT2D eigenvalue weighted by Gasteiger charge is 2.35. The summed E-state index contributed by atoms with van der Waals surface area (Å²) in [5.41, 5.74) is 0. The SMILES string of the molecule is CCCCCCCCCC[C@H]1COc2ccccc2P(=O)(OCC)c2ccccc2OC[C@H](CCCCCCCCCC)OCCOCCOCCO1. The molecule has 2 aromatic carbocycles. The molecular formula is C44H73O8P. The molecule has 2 atom stereocenters. The van der Waals surface area contributed by atoms with Crippen LogP contribution in [0.1, 0.15) is 136 Å². The van der Waals surface area contributed by atoms with Crippen LogP contribution >= 0.6 is 7.37 Å². The Balaban J connectivity index is 1.76. The normalized spacial score (nSPS) is 19.2. The van der Waals surface area contributed by atoms with Crippen molar-refractivity contribution in [2.75, 3.05) is 59.5 Å². The topological polar surface area (TPSA) is 81.7 Å². The second kappa shape index (κ2) is 29.4. The predicted molar refractivity (Wildman–Crippen MR) is 218 cm³/mol. The molecule has 1 aliphatic rings. The Morgan fingerprint density at radius 2 is 0.906 bits per heavy atom. The monoisotopic (exact) mass is 761 g/mol. The van der Waals surface area contributed by atoms with Crippen molar-refractivity contribution in [1.29, 1.82) is 0 Å². The van der Waals surface area contributed by atoms with Crippen molar-refractivity contribution in [3.8, 4) is 11.5 Å². The lowest BCUT2D eigenvalue weighted by Crippen LogP contribution is -2.28. The maximum atomic E-state index is 15.2. The van der Waals surface area contributed by atoms with Gasteiger partial charge in [0.2, 0.25) is 0 Å². The average molecular weight is 761 g/mol. The molecule has 2 aromatic rings. The first kappa shape index (κ1) is 45.5. The maximum absolute atomic E-state index is 15.2. The number of benzene rings is 2. The predicted octanol–water partition coefficient (Wildman–Crippen LogP) is 10.6. The molecule has 53 heavy (non-hydrogen) atoms.